The number of hydrogen-bond acceptors (Lipinski definition) is 2. The number of rotatable bonds is 4. The number of allylic oxidation sites excluding steroid dienone is 6. The van der Waals surface area contributed by atoms with Gasteiger partial charge in [-0.2, -0.15) is 0 Å². The molecule has 2 aliphatic carbocycles. The molecule has 1 unspecified atom stereocenters. The van der Waals surface area contributed by atoms with Crippen LogP contribution in [0.15, 0.2) is 164 Å². The third-order valence-corrected chi connectivity index (χ3v) is 10.9. The summed E-state index contributed by atoms with van der Waals surface area (Å²) < 4.78 is 18.5. The lowest BCUT2D eigenvalue weighted by molar-refractivity contribution is 0.447. The average Bonchev–Trinajstić information content (AvgIpc) is 3.63. The van der Waals surface area contributed by atoms with E-state index < -0.39 is 0 Å². The van der Waals surface area contributed by atoms with Crippen LogP contribution in [0.4, 0.5) is 0 Å². The number of nitrogens with zero attached hydrogens (tertiary/aromatic N) is 2. The van der Waals surface area contributed by atoms with E-state index in [9.17, 15) is 0 Å². The minimum absolute atomic E-state index is 0.00577. The molecular weight excluding hydrogens is 635 g/mol. The molecule has 1 atom stereocenters. The molecule has 246 valence electrons. The lowest BCUT2D eigenvalue weighted by Gasteiger charge is -2.29. The molecule has 5 heteroatoms. The monoisotopic (exact) mass is 668 g/mol. The van der Waals surface area contributed by atoms with Gasteiger partial charge >= 0.3 is 0 Å². The minimum Gasteiger partial charge on any atom is -0.458 e. The predicted octanol–water partition coefficient (Wildman–Crippen LogP) is 8.59. The Balaban J connectivity index is 1.15. The van der Waals surface area contributed by atoms with Crippen molar-refractivity contribution in [2.24, 2.45) is 0 Å². The summed E-state index contributed by atoms with van der Waals surface area (Å²) in [6.07, 6.45) is 16.0. The van der Waals surface area contributed by atoms with Gasteiger partial charge in [0, 0.05) is 34.4 Å². The molecule has 4 heterocycles. The molecule has 0 amide bonds. The standard InChI is InChI=1S/C47H33BN2O2/c1-5-14-31(15-6-1)40-26-33-24-35-28-38(29-42(33)49(40)36-18-9-3-10-19-36)51-44-22-13-23-45-47(44)48(35)39-25-34-27-41(32-16-7-2-8-17-32)50(37-20-11-4-12-21-37)43(34)30-46(39)52-45/h1-2,4-9,11-30,35H,3,10H2. The molecule has 52 heavy (non-hydrogen) atoms. The van der Waals surface area contributed by atoms with Crippen LogP contribution in [0.1, 0.15) is 12.8 Å². The molecule has 2 bridgehead atoms. The van der Waals surface area contributed by atoms with Gasteiger partial charge in [-0.25, -0.2) is 0 Å². The number of para-hydroxylation sites is 1. The lowest BCUT2D eigenvalue weighted by atomic mass is 9.32. The second-order valence-corrected chi connectivity index (χ2v) is 14.0. The van der Waals surface area contributed by atoms with Crippen LogP contribution in [0.5, 0.6) is 17.2 Å². The van der Waals surface area contributed by atoms with Crippen molar-refractivity contribution in [2.75, 3.05) is 0 Å². The molecule has 0 saturated carbocycles. The minimum atomic E-state index is -0.00577. The van der Waals surface area contributed by atoms with E-state index in [1.54, 1.807) is 0 Å². The van der Waals surface area contributed by atoms with E-state index in [4.69, 9.17) is 9.47 Å². The fraction of sp³-hybridized carbons (Fsp3) is 0.0638. The smallest absolute Gasteiger partial charge is 0.234 e. The Bertz CT molecular complexity index is 2790. The molecular formula is C47H33BN2O2. The van der Waals surface area contributed by atoms with Gasteiger partial charge in [-0.3, -0.25) is 0 Å². The summed E-state index contributed by atoms with van der Waals surface area (Å²) in [6, 6.07) is 47.5. The van der Waals surface area contributed by atoms with Crippen LogP contribution in [-0.2, 0) is 0 Å². The van der Waals surface area contributed by atoms with Crippen molar-refractivity contribution in [1.82, 2.24) is 9.13 Å². The van der Waals surface area contributed by atoms with Crippen molar-refractivity contribution in [3.8, 4) is 45.5 Å². The first kappa shape index (κ1) is 29.3. The third-order valence-electron chi connectivity index (χ3n) is 10.9. The highest BCUT2D eigenvalue weighted by Gasteiger charge is 2.41. The molecule has 0 radical (unpaired) electrons. The summed E-state index contributed by atoms with van der Waals surface area (Å²) in [5.74, 6) is 3.46. The predicted molar refractivity (Wildman–Crippen MR) is 213 cm³/mol. The van der Waals surface area contributed by atoms with E-state index in [0.29, 0.717) is 0 Å². The Morgan fingerprint density at radius 1 is 0.615 bits per heavy atom. The number of ether oxygens (including phenoxy) is 2. The Morgan fingerprint density at radius 2 is 1.33 bits per heavy atom. The first-order chi connectivity index (χ1) is 25.8. The molecule has 11 rings (SSSR count). The number of hydrogen-bond donors (Lipinski definition) is 0. The van der Waals surface area contributed by atoms with E-state index in [2.05, 4.69) is 173 Å². The largest absolute Gasteiger partial charge is 0.458 e. The molecule has 5 aromatic carbocycles. The molecule has 0 N–H and O–H groups in total. The topological polar surface area (TPSA) is 28.3 Å². The van der Waals surface area contributed by atoms with Crippen LogP contribution in [0.2, 0.25) is 5.82 Å². The molecule has 2 aromatic heterocycles. The van der Waals surface area contributed by atoms with Crippen molar-refractivity contribution in [3.05, 3.63) is 174 Å². The molecule has 0 saturated heterocycles. The maximum absolute atomic E-state index is 6.86. The van der Waals surface area contributed by atoms with Crippen molar-refractivity contribution in [2.45, 2.75) is 18.7 Å². The van der Waals surface area contributed by atoms with Crippen LogP contribution in [0.3, 0.4) is 0 Å². The summed E-state index contributed by atoms with van der Waals surface area (Å²) in [5, 5.41) is 3.52. The van der Waals surface area contributed by atoms with Gasteiger partial charge in [0.15, 0.2) is 0 Å². The van der Waals surface area contributed by atoms with E-state index in [1.807, 2.05) is 6.07 Å². The maximum atomic E-state index is 6.86. The fourth-order valence-corrected chi connectivity index (χ4v) is 8.65. The van der Waals surface area contributed by atoms with Crippen LogP contribution in [0, 0.1) is 0 Å². The Hall–Kier alpha value is -6.46. The average molecular weight is 669 g/mol. The van der Waals surface area contributed by atoms with Crippen LogP contribution in [-0.4, -0.2) is 15.8 Å². The molecule has 4 aliphatic rings. The van der Waals surface area contributed by atoms with E-state index in [0.717, 1.165) is 63.6 Å². The fourth-order valence-electron chi connectivity index (χ4n) is 8.65. The van der Waals surface area contributed by atoms with Gasteiger partial charge in [0.05, 0.1) is 22.3 Å². The van der Waals surface area contributed by atoms with Gasteiger partial charge in [0.25, 0.3) is 0 Å². The summed E-state index contributed by atoms with van der Waals surface area (Å²) in [4.78, 5) is 0. The molecule has 4 nitrogen and oxygen atoms in total. The highest BCUT2D eigenvalue weighted by Crippen LogP contribution is 2.40. The zero-order valence-corrected chi connectivity index (χ0v) is 28.4. The summed E-state index contributed by atoms with van der Waals surface area (Å²) in [6.45, 7) is -0.00577. The molecule has 0 fully saturated rings. The van der Waals surface area contributed by atoms with Crippen LogP contribution >= 0.6 is 0 Å². The molecule has 2 aliphatic heterocycles. The van der Waals surface area contributed by atoms with E-state index in [1.165, 1.54) is 38.6 Å². The zero-order chi connectivity index (χ0) is 34.2. The molecule has 7 aromatic rings. The lowest BCUT2D eigenvalue weighted by Crippen LogP contribution is -2.49. The summed E-state index contributed by atoms with van der Waals surface area (Å²) in [5.41, 5.74) is 10.4. The summed E-state index contributed by atoms with van der Waals surface area (Å²) in [7, 11) is 0. The zero-order valence-electron chi connectivity index (χ0n) is 28.4. The van der Waals surface area contributed by atoms with E-state index >= 15 is 0 Å². The first-order valence-electron chi connectivity index (χ1n) is 18.2. The second kappa shape index (κ2) is 11.5. The van der Waals surface area contributed by atoms with Gasteiger partial charge in [0.1, 0.15) is 23.0 Å². The maximum Gasteiger partial charge on any atom is 0.234 e. The highest BCUT2D eigenvalue weighted by atomic mass is 16.5. The Morgan fingerprint density at radius 3 is 2.06 bits per heavy atom. The van der Waals surface area contributed by atoms with Crippen molar-refractivity contribution in [1.29, 1.82) is 0 Å². The second-order valence-electron chi connectivity index (χ2n) is 14.0. The van der Waals surface area contributed by atoms with Gasteiger partial charge < -0.3 is 18.6 Å². The number of fused-ring (bicyclic) bond motifs is 6. The Labute approximate surface area is 302 Å². The normalized spacial score (nSPS) is 16.5. The van der Waals surface area contributed by atoms with Crippen LogP contribution < -0.4 is 31.0 Å². The third kappa shape index (κ3) is 4.55. The Kier molecular flexibility index (Phi) is 6.50. The summed E-state index contributed by atoms with van der Waals surface area (Å²) >= 11 is 0. The van der Waals surface area contributed by atoms with Crippen LogP contribution in [0.25, 0.3) is 57.0 Å². The quantitative estimate of drug-likeness (QED) is 0.176. The highest BCUT2D eigenvalue weighted by molar-refractivity contribution is 6.90. The first-order valence-corrected chi connectivity index (χ1v) is 18.2. The van der Waals surface area contributed by atoms with Crippen molar-refractivity contribution in [3.63, 3.8) is 0 Å². The van der Waals surface area contributed by atoms with Gasteiger partial charge in [0.2, 0.25) is 6.71 Å². The van der Waals surface area contributed by atoms with E-state index in [-0.39, 0.29) is 12.5 Å². The van der Waals surface area contributed by atoms with Crippen molar-refractivity contribution >= 4 is 46.4 Å². The van der Waals surface area contributed by atoms with Gasteiger partial charge in [-0.15, -0.1) is 0 Å². The van der Waals surface area contributed by atoms with Gasteiger partial charge in [-0.05, 0) is 89.0 Å². The molecule has 0 spiro atoms. The van der Waals surface area contributed by atoms with Crippen molar-refractivity contribution < 1.29 is 9.47 Å². The SMILES string of the molecule is C1=CC(n2c(-c3ccccc3)cc3c2=CC2=CC(C=3)B3c4cc5cc(-c6ccccc6)n(-c6ccccc6)c5cc4Oc4cccc(c43)O2)=CCC1. The van der Waals surface area contributed by atoms with Gasteiger partial charge in [-0.1, -0.05) is 109 Å². The number of benzene rings is 5. The number of aromatic nitrogens is 2.